The number of hydrogen-bond acceptors (Lipinski definition) is 3. The number of aryl methyl sites for hydroxylation is 1. The Morgan fingerprint density at radius 3 is 2.86 bits per heavy atom. The number of carbonyl (C=O) groups is 1. The van der Waals surface area contributed by atoms with Crippen LogP contribution in [0.4, 0.5) is 0 Å². The third-order valence-electron chi connectivity index (χ3n) is 3.72. The average molecular weight is 313 g/mol. The lowest BCUT2D eigenvalue weighted by Gasteiger charge is -2.20. The topological polar surface area (TPSA) is 50.4 Å². The van der Waals surface area contributed by atoms with E-state index in [4.69, 9.17) is 4.74 Å². The standard InChI is InChI=1S/C16H24N2O2.ClH/c1-3-13(20-15-9-5-4-7-12(15)2)11-18-16(19)14-8-6-10-17-14;/h4-5,7,9,13-14,17H,3,6,8,10-11H2,1-2H3,(H,18,19);1H. The predicted molar refractivity (Wildman–Crippen MR) is 87.2 cm³/mol. The first kappa shape index (κ1) is 17.8. The van der Waals surface area contributed by atoms with E-state index in [0.29, 0.717) is 6.54 Å². The molecule has 1 saturated heterocycles. The molecule has 0 aromatic heterocycles. The van der Waals surface area contributed by atoms with E-state index < -0.39 is 0 Å². The van der Waals surface area contributed by atoms with Gasteiger partial charge in [0.2, 0.25) is 5.91 Å². The van der Waals surface area contributed by atoms with Gasteiger partial charge in [-0.3, -0.25) is 4.79 Å². The van der Waals surface area contributed by atoms with Crippen molar-refractivity contribution >= 4 is 18.3 Å². The Morgan fingerprint density at radius 2 is 2.24 bits per heavy atom. The van der Waals surface area contributed by atoms with Gasteiger partial charge >= 0.3 is 0 Å². The van der Waals surface area contributed by atoms with Crippen molar-refractivity contribution in [3.05, 3.63) is 29.8 Å². The molecule has 2 atom stereocenters. The fourth-order valence-electron chi connectivity index (χ4n) is 2.38. The van der Waals surface area contributed by atoms with Gasteiger partial charge < -0.3 is 15.4 Å². The molecule has 4 nitrogen and oxygen atoms in total. The van der Waals surface area contributed by atoms with Gasteiger partial charge in [0.15, 0.2) is 0 Å². The van der Waals surface area contributed by atoms with Crippen LogP contribution in [0.5, 0.6) is 5.75 Å². The van der Waals surface area contributed by atoms with Crippen LogP contribution in [-0.4, -0.2) is 31.1 Å². The van der Waals surface area contributed by atoms with Gasteiger partial charge in [-0.15, -0.1) is 12.4 Å². The van der Waals surface area contributed by atoms with Crippen molar-refractivity contribution in [3.8, 4) is 5.75 Å². The molecule has 2 unspecified atom stereocenters. The summed E-state index contributed by atoms with van der Waals surface area (Å²) in [6, 6.07) is 7.94. The normalized spacial score (nSPS) is 18.7. The van der Waals surface area contributed by atoms with E-state index >= 15 is 0 Å². The van der Waals surface area contributed by atoms with Crippen LogP contribution in [0.3, 0.4) is 0 Å². The first-order valence-corrected chi connectivity index (χ1v) is 7.44. The molecule has 118 valence electrons. The zero-order valence-electron chi connectivity index (χ0n) is 12.7. The highest BCUT2D eigenvalue weighted by atomic mass is 35.5. The summed E-state index contributed by atoms with van der Waals surface area (Å²) in [7, 11) is 0. The summed E-state index contributed by atoms with van der Waals surface area (Å²) < 4.78 is 5.97. The Kier molecular flexibility index (Phi) is 7.54. The predicted octanol–water partition coefficient (Wildman–Crippen LogP) is 2.44. The Morgan fingerprint density at radius 1 is 1.48 bits per heavy atom. The Labute approximate surface area is 133 Å². The highest BCUT2D eigenvalue weighted by Gasteiger charge is 2.22. The Bertz CT molecular complexity index is 448. The van der Waals surface area contributed by atoms with Gasteiger partial charge in [-0.1, -0.05) is 25.1 Å². The molecular weight excluding hydrogens is 288 g/mol. The van der Waals surface area contributed by atoms with E-state index in [1.807, 2.05) is 31.2 Å². The fourth-order valence-corrected chi connectivity index (χ4v) is 2.38. The second-order valence-corrected chi connectivity index (χ2v) is 5.31. The van der Waals surface area contributed by atoms with E-state index in [1.54, 1.807) is 0 Å². The summed E-state index contributed by atoms with van der Waals surface area (Å²) >= 11 is 0. The molecule has 1 aromatic rings. The highest BCUT2D eigenvalue weighted by Crippen LogP contribution is 2.18. The zero-order chi connectivity index (χ0) is 14.4. The van der Waals surface area contributed by atoms with Gasteiger partial charge in [0.25, 0.3) is 0 Å². The molecule has 1 aromatic carbocycles. The summed E-state index contributed by atoms with van der Waals surface area (Å²) in [5.74, 6) is 0.988. The molecule has 0 bridgehead atoms. The van der Waals surface area contributed by atoms with Crippen molar-refractivity contribution in [1.29, 1.82) is 0 Å². The van der Waals surface area contributed by atoms with Crippen LogP contribution in [0.15, 0.2) is 24.3 Å². The Hall–Kier alpha value is -1.26. The quantitative estimate of drug-likeness (QED) is 0.848. The van der Waals surface area contributed by atoms with Crippen LogP contribution in [0, 0.1) is 6.92 Å². The van der Waals surface area contributed by atoms with Crippen molar-refractivity contribution in [2.24, 2.45) is 0 Å². The lowest BCUT2D eigenvalue weighted by atomic mass is 10.2. The van der Waals surface area contributed by atoms with Crippen LogP contribution >= 0.6 is 12.4 Å². The van der Waals surface area contributed by atoms with E-state index in [2.05, 4.69) is 17.6 Å². The number of halogens is 1. The van der Waals surface area contributed by atoms with Crippen LogP contribution in [0.2, 0.25) is 0 Å². The summed E-state index contributed by atoms with van der Waals surface area (Å²) in [5.41, 5.74) is 1.12. The molecule has 1 aliphatic rings. The van der Waals surface area contributed by atoms with Crippen molar-refractivity contribution < 1.29 is 9.53 Å². The number of nitrogens with one attached hydrogen (secondary N) is 2. The minimum Gasteiger partial charge on any atom is -0.488 e. The molecule has 1 amide bonds. The van der Waals surface area contributed by atoms with E-state index in [1.165, 1.54) is 0 Å². The summed E-state index contributed by atoms with van der Waals surface area (Å²) in [6.07, 6.45) is 2.89. The van der Waals surface area contributed by atoms with Gasteiger partial charge in [0, 0.05) is 0 Å². The number of rotatable bonds is 6. The van der Waals surface area contributed by atoms with Crippen molar-refractivity contribution in [2.75, 3.05) is 13.1 Å². The molecule has 0 saturated carbocycles. The van der Waals surface area contributed by atoms with Crippen LogP contribution in [-0.2, 0) is 4.79 Å². The molecule has 1 heterocycles. The molecule has 0 aliphatic carbocycles. The maximum atomic E-state index is 12.0. The van der Waals surface area contributed by atoms with Crippen LogP contribution in [0.25, 0.3) is 0 Å². The maximum absolute atomic E-state index is 12.0. The molecule has 5 heteroatoms. The smallest absolute Gasteiger partial charge is 0.237 e. The van der Waals surface area contributed by atoms with Crippen LogP contribution in [0.1, 0.15) is 31.7 Å². The van der Waals surface area contributed by atoms with E-state index in [-0.39, 0.29) is 30.5 Å². The van der Waals surface area contributed by atoms with Gasteiger partial charge in [-0.2, -0.15) is 0 Å². The molecule has 0 spiro atoms. The SMILES string of the molecule is CCC(CNC(=O)C1CCCN1)Oc1ccccc1C.Cl. The molecule has 21 heavy (non-hydrogen) atoms. The average Bonchev–Trinajstić information content (AvgIpc) is 2.99. The Balaban J connectivity index is 0.00000220. The van der Waals surface area contributed by atoms with E-state index in [9.17, 15) is 4.79 Å². The van der Waals surface area contributed by atoms with E-state index in [0.717, 1.165) is 37.1 Å². The van der Waals surface area contributed by atoms with Gasteiger partial charge in [-0.05, 0) is 44.4 Å². The first-order valence-electron chi connectivity index (χ1n) is 7.44. The number of ether oxygens (including phenoxy) is 1. The number of carbonyl (C=O) groups excluding carboxylic acids is 1. The number of amides is 1. The second kappa shape index (κ2) is 8.90. The van der Waals surface area contributed by atoms with Crippen molar-refractivity contribution in [1.82, 2.24) is 10.6 Å². The number of benzene rings is 1. The van der Waals surface area contributed by atoms with Crippen molar-refractivity contribution in [3.63, 3.8) is 0 Å². The van der Waals surface area contributed by atoms with Gasteiger partial charge in [0.1, 0.15) is 11.9 Å². The molecule has 2 N–H and O–H groups in total. The minimum atomic E-state index is -0.0223. The molecule has 2 rings (SSSR count). The number of hydrogen-bond donors (Lipinski definition) is 2. The molecule has 1 fully saturated rings. The zero-order valence-corrected chi connectivity index (χ0v) is 13.5. The fraction of sp³-hybridized carbons (Fsp3) is 0.562. The molecule has 1 aliphatic heterocycles. The monoisotopic (exact) mass is 312 g/mol. The molecule has 0 radical (unpaired) electrons. The summed E-state index contributed by atoms with van der Waals surface area (Å²) in [5, 5.41) is 6.19. The maximum Gasteiger partial charge on any atom is 0.237 e. The molecular formula is C16H25ClN2O2. The largest absolute Gasteiger partial charge is 0.488 e. The summed E-state index contributed by atoms with van der Waals surface area (Å²) in [4.78, 5) is 12.0. The minimum absolute atomic E-state index is 0. The van der Waals surface area contributed by atoms with Crippen LogP contribution < -0.4 is 15.4 Å². The lowest BCUT2D eigenvalue weighted by Crippen LogP contribution is -2.44. The van der Waals surface area contributed by atoms with Crippen molar-refractivity contribution in [2.45, 2.75) is 45.3 Å². The first-order chi connectivity index (χ1) is 9.70. The van der Waals surface area contributed by atoms with Gasteiger partial charge in [-0.25, -0.2) is 0 Å². The second-order valence-electron chi connectivity index (χ2n) is 5.31. The third-order valence-corrected chi connectivity index (χ3v) is 3.72. The highest BCUT2D eigenvalue weighted by molar-refractivity contribution is 5.85. The number of para-hydroxylation sites is 1. The summed E-state index contributed by atoms with van der Waals surface area (Å²) in [6.45, 7) is 5.60. The lowest BCUT2D eigenvalue weighted by molar-refractivity contribution is -0.123. The third kappa shape index (κ3) is 5.21. The van der Waals surface area contributed by atoms with Gasteiger partial charge in [0.05, 0.1) is 12.6 Å².